The third kappa shape index (κ3) is 2.42. The number of benzene rings is 1. The summed E-state index contributed by atoms with van der Waals surface area (Å²) in [7, 11) is 0. The van der Waals surface area contributed by atoms with E-state index < -0.39 is 5.67 Å². The van der Waals surface area contributed by atoms with Crippen LogP contribution in [0, 0.1) is 0 Å². The molecule has 72 valence electrons. The van der Waals surface area contributed by atoms with Crippen LogP contribution in [0.3, 0.4) is 0 Å². The average Bonchev–Trinajstić information content (AvgIpc) is 2.09. The van der Waals surface area contributed by atoms with Crippen LogP contribution < -0.4 is 5.73 Å². The molecule has 0 spiro atoms. The van der Waals surface area contributed by atoms with Gasteiger partial charge in [0.05, 0.1) is 5.02 Å². The zero-order valence-corrected chi connectivity index (χ0v) is 9.49. The maximum Gasteiger partial charge on any atom is 0.145 e. The van der Waals surface area contributed by atoms with Crippen molar-refractivity contribution < 1.29 is 4.39 Å². The van der Waals surface area contributed by atoms with Crippen LogP contribution in [-0.2, 0) is 5.67 Å². The third-order valence-electron chi connectivity index (χ3n) is 1.90. The number of hydrogen-bond acceptors (Lipinski definition) is 1. The van der Waals surface area contributed by atoms with Crippen LogP contribution in [0.1, 0.15) is 12.5 Å². The lowest BCUT2D eigenvalue weighted by atomic mass is 9.98. The predicted octanol–water partition coefficient (Wildman–Crippen LogP) is 3.25. The van der Waals surface area contributed by atoms with Crippen LogP contribution in [0.15, 0.2) is 22.7 Å². The van der Waals surface area contributed by atoms with Crippen LogP contribution in [0.25, 0.3) is 0 Å². The van der Waals surface area contributed by atoms with Gasteiger partial charge in [-0.15, -0.1) is 0 Å². The highest BCUT2D eigenvalue weighted by Crippen LogP contribution is 2.30. The molecule has 0 aromatic heterocycles. The molecule has 0 saturated heterocycles. The zero-order chi connectivity index (χ0) is 10.1. The van der Waals surface area contributed by atoms with E-state index in [-0.39, 0.29) is 6.54 Å². The van der Waals surface area contributed by atoms with Crippen molar-refractivity contribution in [3.05, 3.63) is 33.3 Å². The summed E-state index contributed by atoms with van der Waals surface area (Å²) in [5.74, 6) is 0. The smallest absolute Gasteiger partial charge is 0.145 e. The van der Waals surface area contributed by atoms with E-state index in [1.165, 1.54) is 6.92 Å². The van der Waals surface area contributed by atoms with Gasteiger partial charge in [-0.2, -0.15) is 0 Å². The molecule has 0 aliphatic rings. The van der Waals surface area contributed by atoms with Gasteiger partial charge in [0.15, 0.2) is 0 Å². The lowest BCUT2D eigenvalue weighted by Gasteiger charge is -2.18. The molecule has 1 nitrogen and oxygen atoms in total. The Bertz CT molecular complexity index is 314. The molecule has 13 heavy (non-hydrogen) atoms. The van der Waals surface area contributed by atoms with Gasteiger partial charge < -0.3 is 5.73 Å². The molecule has 0 saturated carbocycles. The molecule has 2 N–H and O–H groups in total. The quantitative estimate of drug-likeness (QED) is 0.874. The van der Waals surface area contributed by atoms with Crippen molar-refractivity contribution in [1.82, 2.24) is 0 Å². The first-order valence-corrected chi connectivity index (χ1v) is 4.99. The molecule has 0 aliphatic heterocycles. The van der Waals surface area contributed by atoms with E-state index in [0.29, 0.717) is 15.1 Å². The van der Waals surface area contributed by atoms with Crippen LogP contribution >= 0.6 is 27.5 Å². The maximum absolute atomic E-state index is 13.7. The van der Waals surface area contributed by atoms with Gasteiger partial charge in [0.25, 0.3) is 0 Å². The highest BCUT2D eigenvalue weighted by Gasteiger charge is 2.24. The van der Waals surface area contributed by atoms with Crippen LogP contribution in [0.5, 0.6) is 0 Å². The average molecular weight is 267 g/mol. The largest absolute Gasteiger partial charge is 0.327 e. The van der Waals surface area contributed by atoms with E-state index in [9.17, 15) is 4.39 Å². The van der Waals surface area contributed by atoms with E-state index in [0.717, 1.165) is 0 Å². The van der Waals surface area contributed by atoms with Gasteiger partial charge in [-0.05, 0) is 40.5 Å². The lowest BCUT2D eigenvalue weighted by molar-refractivity contribution is 0.203. The maximum atomic E-state index is 13.7. The molecule has 1 rings (SSSR count). The summed E-state index contributed by atoms with van der Waals surface area (Å²) < 4.78 is 14.4. The highest BCUT2D eigenvalue weighted by atomic mass is 79.9. The molecule has 0 bridgehead atoms. The Morgan fingerprint density at radius 1 is 1.62 bits per heavy atom. The first-order valence-electron chi connectivity index (χ1n) is 3.82. The standard InChI is InChI=1S/C9H10BrClFN/c1-9(12,5-13)6-2-3-8(11)7(10)4-6/h2-4H,5,13H2,1H3. The van der Waals surface area contributed by atoms with Gasteiger partial charge in [-0.1, -0.05) is 17.7 Å². The van der Waals surface area contributed by atoms with Crippen molar-refractivity contribution in [2.24, 2.45) is 5.73 Å². The van der Waals surface area contributed by atoms with E-state index in [1.54, 1.807) is 18.2 Å². The Balaban J connectivity index is 3.10. The molecule has 0 fully saturated rings. The Kier molecular flexibility index (Phi) is 3.33. The Hall–Kier alpha value is -0.120. The third-order valence-corrected chi connectivity index (χ3v) is 3.12. The molecular weight excluding hydrogens is 256 g/mol. The minimum absolute atomic E-state index is 0.0406. The molecule has 0 radical (unpaired) electrons. The number of halogens is 3. The summed E-state index contributed by atoms with van der Waals surface area (Å²) in [4.78, 5) is 0. The van der Waals surface area contributed by atoms with Crippen molar-refractivity contribution in [3.63, 3.8) is 0 Å². The Morgan fingerprint density at radius 3 is 2.69 bits per heavy atom. The Morgan fingerprint density at radius 2 is 2.23 bits per heavy atom. The van der Waals surface area contributed by atoms with Crippen molar-refractivity contribution in [1.29, 1.82) is 0 Å². The number of nitrogens with two attached hydrogens (primary N) is 1. The van der Waals surface area contributed by atoms with Crippen LogP contribution in [-0.4, -0.2) is 6.54 Å². The molecule has 0 amide bonds. The summed E-state index contributed by atoms with van der Waals surface area (Å²) in [6, 6.07) is 4.93. The van der Waals surface area contributed by atoms with Gasteiger partial charge in [-0.25, -0.2) is 4.39 Å². The van der Waals surface area contributed by atoms with Crippen molar-refractivity contribution >= 4 is 27.5 Å². The fourth-order valence-electron chi connectivity index (χ4n) is 0.938. The van der Waals surface area contributed by atoms with Gasteiger partial charge >= 0.3 is 0 Å². The molecule has 1 aromatic rings. The summed E-state index contributed by atoms with van der Waals surface area (Å²) in [6.07, 6.45) is 0. The molecule has 1 aromatic carbocycles. The van der Waals surface area contributed by atoms with E-state index in [4.69, 9.17) is 17.3 Å². The van der Waals surface area contributed by atoms with E-state index in [1.807, 2.05) is 0 Å². The summed E-state index contributed by atoms with van der Waals surface area (Å²) >= 11 is 9.00. The topological polar surface area (TPSA) is 26.0 Å². The molecule has 0 heterocycles. The first kappa shape index (κ1) is 11.0. The second-order valence-electron chi connectivity index (χ2n) is 3.03. The van der Waals surface area contributed by atoms with E-state index in [2.05, 4.69) is 15.9 Å². The molecular formula is C9H10BrClFN. The lowest BCUT2D eigenvalue weighted by Crippen LogP contribution is -2.26. The molecule has 0 aliphatic carbocycles. The first-order chi connectivity index (χ1) is 5.97. The zero-order valence-electron chi connectivity index (χ0n) is 7.15. The van der Waals surface area contributed by atoms with Gasteiger partial charge in [0.2, 0.25) is 0 Å². The Labute approximate surface area is 90.2 Å². The van der Waals surface area contributed by atoms with Crippen LogP contribution in [0.2, 0.25) is 5.02 Å². The van der Waals surface area contributed by atoms with Crippen molar-refractivity contribution in [2.45, 2.75) is 12.6 Å². The molecule has 4 heteroatoms. The summed E-state index contributed by atoms with van der Waals surface area (Å²) in [5.41, 5.74) is 4.34. The van der Waals surface area contributed by atoms with Crippen molar-refractivity contribution in [2.75, 3.05) is 6.54 Å². The second kappa shape index (κ2) is 3.95. The fourth-order valence-corrected chi connectivity index (χ4v) is 1.43. The highest BCUT2D eigenvalue weighted by molar-refractivity contribution is 9.10. The number of alkyl halides is 1. The van der Waals surface area contributed by atoms with Gasteiger partial charge in [-0.3, -0.25) is 0 Å². The number of hydrogen-bond donors (Lipinski definition) is 1. The fraction of sp³-hybridized carbons (Fsp3) is 0.333. The SMILES string of the molecule is CC(F)(CN)c1ccc(Cl)c(Br)c1. The monoisotopic (exact) mass is 265 g/mol. The summed E-state index contributed by atoms with van der Waals surface area (Å²) in [5, 5.41) is 0.566. The predicted molar refractivity (Wildman–Crippen MR) is 56.7 cm³/mol. The molecule has 1 unspecified atom stereocenters. The van der Waals surface area contributed by atoms with Gasteiger partial charge in [0, 0.05) is 11.0 Å². The minimum atomic E-state index is -1.49. The second-order valence-corrected chi connectivity index (χ2v) is 4.29. The van der Waals surface area contributed by atoms with Gasteiger partial charge in [0.1, 0.15) is 5.67 Å². The normalized spacial score (nSPS) is 15.5. The van der Waals surface area contributed by atoms with Crippen LogP contribution in [0.4, 0.5) is 4.39 Å². The van der Waals surface area contributed by atoms with E-state index >= 15 is 0 Å². The minimum Gasteiger partial charge on any atom is -0.327 e. The molecule has 1 atom stereocenters. The van der Waals surface area contributed by atoms with Crippen molar-refractivity contribution in [3.8, 4) is 0 Å². The summed E-state index contributed by atoms with van der Waals surface area (Å²) in [6.45, 7) is 1.41. The number of rotatable bonds is 2.